The molecule has 5 atom stereocenters. The summed E-state index contributed by atoms with van der Waals surface area (Å²) in [6.45, 7) is 4.62. The molecule has 0 aromatic carbocycles. The van der Waals surface area contributed by atoms with Gasteiger partial charge in [-0.1, -0.05) is 291 Å². The van der Waals surface area contributed by atoms with Crippen LogP contribution in [0.4, 0.5) is 0 Å². The van der Waals surface area contributed by atoms with Crippen molar-refractivity contribution in [2.45, 2.75) is 354 Å². The Balaban J connectivity index is 5.35. The van der Waals surface area contributed by atoms with Crippen molar-refractivity contribution in [3.8, 4) is 0 Å². The molecule has 0 radical (unpaired) electrons. The number of hydrogen-bond donors (Lipinski definition) is 3. The lowest BCUT2D eigenvalue weighted by Gasteiger charge is -2.21. The van der Waals surface area contributed by atoms with Gasteiger partial charge in [-0.25, -0.2) is 9.13 Å². The summed E-state index contributed by atoms with van der Waals surface area (Å²) in [5.41, 5.74) is 0. The van der Waals surface area contributed by atoms with E-state index in [2.05, 4.69) is 137 Å². The van der Waals surface area contributed by atoms with E-state index < -0.39 is 97.5 Å². The van der Waals surface area contributed by atoms with E-state index in [0.717, 1.165) is 180 Å². The largest absolute Gasteiger partial charge is 0.472 e. The van der Waals surface area contributed by atoms with Crippen LogP contribution in [0.25, 0.3) is 0 Å². The van der Waals surface area contributed by atoms with Crippen LogP contribution < -0.4 is 0 Å². The van der Waals surface area contributed by atoms with Gasteiger partial charge in [-0.05, 0) is 128 Å². The molecular weight excluding hydrogens is 1330 g/mol. The molecule has 102 heavy (non-hydrogen) atoms. The molecule has 0 rings (SSSR count). The summed E-state index contributed by atoms with van der Waals surface area (Å²) in [6.07, 6.45) is 80.7. The van der Waals surface area contributed by atoms with Gasteiger partial charge in [0.05, 0.1) is 26.4 Å². The van der Waals surface area contributed by atoms with E-state index in [9.17, 15) is 43.2 Å². The number of unbranched alkanes of at least 4 members (excludes halogenated alkanes) is 31. The molecule has 3 N–H and O–H groups in total. The molecule has 0 heterocycles. The number of carbonyl (C=O) groups excluding carboxylic acids is 4. The highest BCUT2D eigenvalue weighted by Gasteiger charge is 2.30. The SMILES string of the molecule is CC/C=C\C/C=C\C/C=C\C/C=C\C/C=C\CCCCCC(=O)OCC(COP(=O)(O)OCC(O)COP(=O)(O)OCC(COC(=O)CCCCCCCCC/C=C\C/C=C\C/C=C\CC)OC(=O)CCCCCCCCCCCCC)OC(=O)CCCCCCC/C=C\CCCCCCCC. The summed E-state index contributed by atoms with van der Waals surface area (Å²) < 4.78 is 68.6. The first-order chi connectivity index (χ1) is 49.7. The molecule has 0 saturated heterocycles. The number of phosphoric ester groups is 2. The first-order valence-electron chi connectivity index (χ1n) is 40.1. The Kier molecular flexibility index (Phi) is 71.8. The lowest BCUT2D eigenvalue weighted by atomic mass is 10.1. The normalized spacial score (nSPS) is 14.5. The monoisotopic (exact) mass is 1470 g/mol. The summed E-state index contributed by atoms with van der Waals surface area (Å²) in [5.74, 6) is -2.22. The van der Waals surface area contributed by atoms with E-state index in [1.165, 1.54) is 77.0 Å². The van der Waals surface area contributed by atoms with Crippen molar-refractivity contribution in [1.29, 1.82) is 0 Å². The fourth-order valence-corrected chi connectivity index (χ4v) is 12.2. The number of phosphoric acid groups is 2. The van der Waals surface area contributed by atoms with E-state index in [1.807, 2.05) is 0 Å². The van der Waals surface area contributed by atoms with Gasteiger partial charge in [-0.3, -0.25) is 37.3 Å². The number of aliphatic hydroxyl groups is 1. The standard InChI is InChI=1S/C83H144O17P2/c1-5-9-13-17-21-25-29-32-35-37-38-40-43-45-49-52-56-60-64-68-81(86)94-74-79(100-83(88)70-66-62-58-54-50-46-41-34-31-27-23-19-15-11-7-3)76-98-102(91,92)96-72-77(84)71-95-101(89,90)97-75-78(99-82(87)69-65-61-57-53-47-28-24-20-16-12-8-4)73-93-80(85)67-63-59-55-51-48-44-42-39-36-33-30-26-22-18-14-10-6-2/h9-10,13-14,21-22,25-26,32-36,38,40-41,45,49,77-79,84H,5-8,11-12,15-20,23-24,27-31,37,39,42-44,46-48,50-76H2,1-4H3,(H,89,90)(H,91,92)/b13-9-,14-10-,25-21-,26-22-,35-32-,36-33-,40-38-,41-34-,49-45-. The van der Waals surface area contributed by atoms with Crippen LogP contribution in [0.5, 0.6) is 0 Å². The summed E-state index contributed by atoms with van der Waals surface area (Å²) >= 11 is 0. The molecule has 0 saturated carbocycles. The van der Waals surface area contributed by atoms with Crippen LogP contribution in [0.3, 0.4) is 0 Å². The van der Waals surface area contributed by atoms with Gasteiger partial charge in [0.15, 0.2) is 12.2 Å². The van der Waals surface area contributed by atoms with Crippen LogP contribution in [0, 0.1) is 0 Å². The predicted molar refractivity (Wildman–Crippen MR) is 418 cm³/mol. The Labute approximate surface area is 619 Å². The van der Waals surface area contributed by atoms with E-state index in [1.54, 1.807) is 0 Å². The van der Waals surface area contributed by atoms with Crippen LogP contribution in [0.2, 0.25) is 0 Å². The smallest absolute Gasteiger partial charge is 0.462 e. The van der Waals surface area contributed by atoms with Crippen molar-refractivity contribution in [2.75, 3.05) is 39.6 Å². The van der Waals surface area contributed by atoms with Crippen LogP contribution in [0.1, 0.15) is 336 Å². The lowest BCUT2D eigenvalue weighted by molar-refractivity contribution is -0.161. The molecule has 0 aromatic rings. The van der Waals surface area contributed by atoms with Crippen molar-refractivity contribution in [1.82, 2.24) is 0 Å². The summed E-state index contributed by atoms with van der Waals surface area (Å²) in [6, 6.07) is 0. The average Bonchev–Trinajstić information content (AvgIpc) is 0.939. The third-order valence-corrected chi connectivity index (χ3v) is 18.6. The minimum atomic E-state index is -4.99. The molecule has 0 aliphatic heterocycles. The first-order valence-corrected chi connectivity index (χ1v) is 43.1. The number of rotatable bonds is 75. The number of hydrogen-bond acceptors (Lipinski definition) is 15. The fraction of sp³-hybridized carbons (Fsp3) is 0.735. The molecular formula is C83H144O17P2. The molecule has 17 nitrogen and oxygen atoms in total. The van der Waals surface area contributed by atoms with Gasteiger partial charge in [0.1, 0.15) is 19.3 Å². The molecule has 0 amide bonds. The van der Waals surface area contributed by atoms with Crippen LogP contribution in [-0.2, 0) is 65.4 Å². The fourth-order valence-electron chi connectivity index (χ4n) is 10.7. The topological polar surface area (TPSA) is 237 Å². The Bertz CT molecular complexity index is 2360. The highest BCUT2D eigenvalue weighted by atomic mass is 31.2. The van der Waals surface area contributed by atoms with Crippen molar-refractivity contribution in [3.05, 3.63) is 109 Å². The zero-order valence-electron chi connectivity index (χ0n) is 64.3. The highest BCUT2D eigenvalue weighted by molar-refractivity contribution is 7.47. The molecule has 0 fully saturated rings. The zero-order chi connectivity index (χ0) is 74.6. The summed E-state index contributed by atoms with van der Waals surface area (Å²) in [4.78, 5) is 73.0. The molecule has 0 aliphatic rings. The molecule has 0 spiro atoms. The van der Waals surface area contributed by atoms with Gasteiger partial charge in [0.2, 0.25) is 0 Å². The highest BCUT2D eigenvalue weighted by Crippen LogP contribution is 2.45. The summed E-state index contributed by atoms with van der Waals surface area (Å²) in [7, 11) is -9.96. The van der Waals surface area contributed by atoms with Gasteiger partial charge in [0, 0.05) is 25.7 Å². The Hall–Kier alpha value is -4.28. The van der Waals surface area contributed by atoms with Crippen LogP contribution in [-0.4, -0.2) is 96.7 Å². The molecule has 5 unspecified atom stereocenters. The number of carbonyl (C=O) groups is 4. The molecule has 0 aliphatic carbocycles. The van der Waals surface area contributed by atoms with Gasteiger partial charge in [-0.15, -0.1) is 0 Å². The van der Waals surface area contributed by atoms with Crippen molar-refractivity contribution in [3.63, 3.8) is 0 Å². The Morgan fingerprint density at radius 2 is 0.510 bits per heavy atom. The number of esters is 4. The third-order valence-electron chi connectivity index (χ3n) is 16.7. The van der Waals surface area contributed by atoms with Crippen molar-refractivity contribution in [2.24, 2.45) is 0 Å². The lowest BCUT2D eigenvalue weighted by Crippen LogP contribution is -2.30. The van der Waals surface area contributed by atoms with E-state index in [-0.39, 0.29) is 25.7 Å². The van der Waals surface area contributed by atoms with Crippen LogP contribution in [0.15, 0.2) is 109 Å². The van der Waals surface area contributed by atoms with Gasteiger partial charge >= 0.3 is 39.5 Å². The molecule has 0 aromatic heterocycles. The minimum absolute atomic E-state index is 0.0773. The summed E-state index contributed by atoms with van der Waals surface area (Å²) in [5, 5.41) is 10.6. The van der Waals surface area contributed by atoms with Crippen molar-refractivity contribution >= 4 is 39.5 Å². The van der Waals surface area contributed by atoms with E-state index in [0.29, 0.717) is 25.7 Å². The predicted octanol–water partition coefficient (Wildman–Crippen LogP) is 23.3. The second-order valence-electron chi connectivity index (χ2n) is 26.6. The third kappa shape index (κ3) is 74.0. The van der Waals surface area contributed by atoms with Gasteiger partial charge in [0.25, 0.3) is 0 Å². The van der Waals surface area contributed by atoms with Crippen LogP contribution >= 0.6 is 15.6 Å². The quantitative estimate of drug-likeness (QED) is 0.0169. The second-order valence-corrected chi connectivity index (χ2v) is 29.5. The number of ether oxygens (including phenoxy) is 4. The Morgan fingerprint density at radius 3 is 0.804 bits per heavy atom. The number of aliphatic hydroxyl groups excluding tert-OH is 1. The second kappa shape index (κ2) is 75.0. The van der Waals surface area contributed by atoms with E-state index >= 15 is 0 Å². The van der Waals surface area contributed by atoms with E-state index in [4.69, 9.17) is 37.0 Å². The van der Waals surface area contributed by atoms with Gasteiger partial charge in [-0.2, -0.15) is 0 Å². The van der Waals surface area contributed by atoms with Crippen molar-refractivity contribution < 1.29 is 80.2 Å². The average molecular weight is 1480 g/mol. The van der Waals surface area contributed by atoms with Gasteiger partial charge < -0.3 is 33.8 Å². The maximum Gasteiger partial charge on any atom is 0.472 e. The zero-order valence-corrected chi connectivity index (χ0v) is 66.0. The molecule has 0 bridgehead atoms. The Morgan fingerprint density at radius 1 is 0.284 bits per heavy atom. The first kappa shape index (κ1) is 97.7. The number of allylic oxidation sites excluding steroid dienone is 18. The maximum absolute atomic E-state index is 13.1. The maximum atomic E-state index is 13.1. The molecule has 588 valence electrons. The molecule has 19 heteroatoms. The minimum Gasteiger partial charge on any atom is -0.462 e.